The molecule has 0 aromatic rings. The Kier molecular flexibility index (Phi) is 5.37. The summed E-state index contributed by atoms with van der Waals surface area (Å²) >= 11 is 0. The van der Waals surface area contributed by atoms with Crippen molar-refractivity contribution in [2.24, 2.45) is 5.84 Å². The van der Waals surface area contributed by atoms with E-state index in [1.165, 1.54) is 6.26 Å². The van der Waals surface area contributed by atoms with E-state index in [1.54, 1.807) is 0 Å². The van der Waals surface area contributed by atoms with E-state index in [0.717, 1.165) is 32.3 Å². The largest absolute Gasteiger partial charge is 0.374 e. The highest BCUT2D eigenvalue weighted by Crippen LogP contribution is 2.29. The maximum atomic E-state index is 11.1. The van der Waals surface area contributed by atoms with Crippen LogP contribution in [0.4, 0.5) is 0 Å². The molecule has 5 nitrogen and oxygen atoms in total. The Morgan fingerprint density at radius 2 is 2.18 bits per heavy atom. The molecular weight excluding hydrogens is 240 g/mol. The lowest BCUT2D eigenvalue weighted by atomic mass is 9.86. The summed E-state index contributed by atoms with van der Waals surface area (Å²) in [6.45, 7) is 2.82. The van der Waals surface area contributed by atoms with Gasteiger partial charge in [-0.1, -0.05) is 0 Å². The number of hydrogen-bond acceptors (Lipinski definition) is 5. The Morgan fingerprint density at radius 1 is 1.47 bits per heavy atom. The van der Waals surface area contributed by atoms with Gasteiger partial charge in [0.1, 0.15) is 9.84 Å². The summed E-state index contributed by atoms with van der Waals surface area (Å²) in [6, 6.07) is 0.0181. The van der Waals surface area contributed by atoms with E-state index in [4.69, 9.17) is 10.6 Å². The zero-order chi connectivity index (χ0) is 12.9. The van der Waals surface area contributed by atoms with Crippen molar-refractivity contribution in [3.63, 3.8) is 0 Å². The lowest BCUT2D eigenvalue weighted by Gasteiger charge is -2.40. The molecule has 1 heterocycles. The highest BCUT2D eigenvalue weighted by atomic mass is 32.2. The molecule has 0 aromatic heterocycles. The van der Waals surface area contributed by atoms with E-state index in [9.17, 15) is 8.42 Å². The van der Waals surface area contributed by atoms with Gasteiger partial charge in [0.05, 0.1) is 5.60 Å². The van der Waals surface area contributed by atoms with E-state index in [2.05, 4.69) is 12.3 Å². The maximum Gasteiger partial charge on any atom is 0.147 e. The summed E-state index contributed by atoms with van der Waals surface area (Å²) < 4.78 is 28.0. The minimum absolute atomic E-state index is 0.0181. The molecule has 0 amide bonds. The predicted octanol–water partition coefficient (Wildman–Crippen LogP) is 0.602. The van der Waals surface area contributed by atoms with Crippen LogP contribution in [-0.2, 0) is 14.6 Å². The first-order chi connectivity index (χ1) is 7.87. The van der Waals surface area contributed by atoms with Crippen LogP contribution in [0.3, 0.4) is 0 Å². The Balaban J connectivity index is 2.47. The van der Waals surface area contributed by atoms with Gasteiger partial charge in [-0.2, -0.15) is 0 Å². The molecule has 0 spiro atoms. The van der Waals surface area contributed by atoms with Crippen LogP contribution in [0.1, 0.15) is 39.0 Å². The molecule has 1 rings (SSSR count). The fourth-order valence-electron chi connectivity index (χ4n) is 2.34. The van der Waals surface area contributed by atoms with Crippen LogP contribution < -0.4 is 11.3 Å². The fourth-order valence-corrected chi connectivity index (χ4v) is 3.04. The van der Waals surface area contributed by atoms with Crippen LogP contribution in [0, 0.1) is 0 Å². The number of nitrogens with two attached hydrogens (primary N) is 1. The second-order valence-electron chi connectivity index (χ2n) is 5.11. The van der Waals surface area contributed by atoms with Crippen molar-refractivity contribution < 1.29 is 13.2 Å². The fraction of sp³-hybridized carbons (Fsp3) is 1.00. The van der Waals surface area contributed by atoms with E-state index in [1.807, 2.05) is 0 Å². The van der Waals surface area contributed by atoms with Crippen LogP contribution in [0.2, 0.25) is 0 Å². The molecule has 6 heteroatoms. The van der Waals surface area contributed by atoms with Gasteiger partial charge in [0.2, 0.25) is 0 Å². The summed E-state index contributed by atoms with van der Waals surface area (Å²) in [6.07, 6.45) is 5.81. The summed E-state index contributed by atoms with van der Waals surface area (Å²) in [4.78, 5) is 0. The molecule has 2 unspecified atom stereocenters. The quantitative estimate of drug-likeness (QED) is 0.542. The molecule has 1 aliphatic rings. The van der Waals surface area contributed by atoms with Crippen LogP contribution in [0.5, 0.6) is 0 Å². The van der Waals surface area contributed by atoms with Crippen molar-refractivity contribution in [1.82, 2.24) is 5.43 Å². The van der Waals surface area contributed by atoms with Gasteiger partial charge in [0.15, 0.2) is 0 Å². The number of rotatable bonds is 6. The van der Waals surface area contributed by atoms with Gasteiger partial charge in [-0.15, -0.1) is 0 Å². The topological polar surface area (TPSA) is 81.4 Å². The zero-order valence-corrected chi connectivity index (χ0v) is 11.6. The third kappa shape index (κ3) is 4.91. The smallest absolute Gasteiger partial charge is 0.147 e. The molecule has 102 valence electrons. The molecule has 0 radical (unpaired) electrons. The molecule has 1 saturated heterocycles. The normalized spacial score (nSPS) is 27.9. The minimum atomic E-state index is -2.89. The molecule has 2 atom stereocenters. The van der Waals surface area contributed by atoms with Gasteiger partial charge in [-0.25, -0.2) is 8.42 Å². The standard InChI is InChI=1S/C11H24N2O3S/c1-11(7-3-4-8-16-11)10(13-12)6-5-9-17(2,14)15/h10,13H,3-9,12H2,1-2H3. The van der Waals surface area contributed by atoms with Crippen LogP contribution in [-0.4, -0.2) is 38.7 Å². The summed E-state index contributed by atoms with van der Waals surface area (Å²) in [5.74, 6) is 5.77. The third-order valence-electron chi connectivity index (χ3n) is 3.45. The van der Waals surface area contributed by atoms with E-state index < -0.39 is 9.84 Å². The highest BCUT2D eigenvalue weighted by molar-refractivity contribution is 7.90. The first-order valence-electron chi connectivity index (χ1n) is 6.15. The lowest BCUT2D eigenvalue weighted by molar-refractivity contribution is -0.0901. The summed E-state index contributed by atoms with van der Waals surface area (Å²) in [5, 5.41) is 0. The first kappa shape index (κ1) is 14.9. The summed E-state index contributed by atoms with van der Waals surface area (Å²) in [5.41, 5.74) is 2.52. The Hall–Kier alpha value is -0.170. The molecule has 1 aliphatic heterocycles. The molecule has 0 aliphatic carbocycles. The van der Waals surface area contributed by atoms with E-state index in [-0.39, 0.29) is 17.4 Å². The van der Waals surface area contributed by atoms with Gasteiger partial charge in [0.25, 0.3) is 0 Å². The number of hydrazine groups is 1. The van der Waals surface area contributed by atoms with Gasteiger partial charge in [-0.05, 0) is 39.0 Å². The monoisotopic (exact) mass is 264 g/mol. The number of sulfone groups is 1. The SMILES string of the molecule is CC1(C(CCCS(C)(=O)=O)NN)CCCCO1. The average Bonchev–Trinajstić information content (AvgIpc) is 2.23. The molecule has 17 heavy (non-hydrogen) atoms. The van der Waals surface area contributed by atoms with Gasteiger partial charge < -0.3 is 4.74 Å². The first-order valence-corrected chi connectivity index (χ1v) is 8.21. The lowest BCUT2D eigenvalue weighted by Crippen LogP contribution is -2.54. The highest BCUT2D eigenvalue weighted by Gasteiger charge is 2.35. The van der Waals surface area contributed by atoms with Crippen molar-refractivity contribution in [3.05, 3.63) is 0 Å². The van der Waals surface area contributed by atoms with Crippen LogP contribution in [0.15, 0.2) is 0 Å². The van der Waals surface area contributed by atoms with E-state index in [0.29, 0.717) is 6.42 Å². The molecule has 0 aromatic carbocycles. The second kappa shape index (κ2) is 6.13. The molecular formula is C11H24N2O3S. The maximum absolute atomic E-state index is 11.1. The Labute approximate surface area is 104 Å². The molecule has 1 fully saturated rings. The Morgan fingerprint density at radius 3 is 2.65 bits per heavy atom. The van der Waals surface area contributed by atoms with Crippen molar-refractivity contribution in [2.45, 2.75) is 50.7 Å². The van der Waals surface area contributed by atoms with Gasteiger partial charge >= 0.3 is 0 Å². The van der Waals surface area contributed by atoms with Crippen LogP contribution >= 0.6 is 0 Å². The zero-order valence-electron chi connectivity index (χ0n) is 10.7. The van der Waals surface area contributed by atoms with Gasteiger partial charge in [0, 0.05) is 24.7 Å². The number of nitrogens with one attached hydrogen (secondary N) is 1. The van der Waals surface area contributed by atoms with Crippen molar-refractivity contribution in [2.75, 3.05) is 18.6 Å². The van der Waals surface area contributed by atoms with Crippen LogP contribution in [0.25, 0.3) is 0 Å². The molecule has 0 bridgehead atoms. The van der Waals surface area contributed by atoms with Gasteiger partial charge in [-0.3, -0.25) is 11.3 Å². The molecule has 0 saturated carbocycles. The van der Waals surface area contributed by atoms with Crippen molar-refractivity contribution in [3.8, 4) is 0 Å². The number of hydrogen-bond donors (Lipinski definition) is 2. The molecule has 3 N–H and O–H groups in total. The average molecular weight is 264 g/mol. The predicted molar refractivity (Wildman–Crippen MR) is 68.3 cm³/mol. The minimum Gasteiger partial charge on any atom is -0.374 e. The number of ether oxygens (including phenoxy) is 1. The third-order valence-corrected chi connectivity index (χ3v) is 4.48. The Bertz CT molecular complexity index is 324. The van der Waals surface area contributed by atoms with Crippen molar-refractivity contribution >= 4 is 9.84 Å². The van der Waals surface area contributed by atoms with E-state index >= 15 is 0 Å². The second-order valence-corrected chi connectivity index (χ2v) is 7.37. The van der Waals surface area contributed by atoms with Crippen molar-refractivity contribution in [1.29, 1.82) is 0 Å². The summed E-state index contributed by atoms with van der Waals surface area (Å²) in [7, 11) is -2.89.